The van der Waals surface area contributed by atoms with Crippen LogP contribution in [0.2, 0.25) is 0 Å². The maximum atomic E-state index is 12.7. The van der Waals surface area contributed by atoms with E-state index < -0.39 is 11.9 Å². The average Bonchev–Trinajstić information content (AvgIpc) is 3.21. The number of benzene rings is 2. The van der Waals surface area contributed by atoms with Gasteiger partial charge in [-0.1, -0.05) is 0 Å². The molecular formula is C20H21N3O4. The van der Waals surface area contributed by atoms with Crippen molar-refractivity contribution in [2.75, 3.05) is 30.4 Å². The predicted molar refractivity (Wildman–Crippen MR) is 102 cm³/mol. The summed E-state index contributed by atoms with van der Waals surface area (Å²) in [5.41, 5.74) is 7.85. The van der Waals surface area contributed by atoms with Gasteiger partial charge in [0.2, 0.25) is 5.91 Å². The highest BCUT2D eigenvalue weighted by atomic mass is 16.5. The van der Waals surface area contributed by atoms with Gasteiger partial charge in [-0.2, -0.15) is 0 Å². The van der Waals surface area contributed by atoms with Crippen molar-refractivity contribution in [1.29, 1.82) is 0 Å². The SMILES string of the molecule is COC(=O)c1ccc(C(=O)Nc2cc(C(N)=O)ccc2N2CCCC2)cc1. The first kappa shape index (κ1) is 18.4. The standard InChI is InChI=1S/C20H21N3O4/c1-27-20(26)14-6-4-13(5-7-14)19(25)22-16-12-15(18(21)24)8-9-17(16)23-10-2-3-11-23/h4-9,12H,2-3,10-11H2,1H3,(H2,21,24)(H,22,25). The summed E-state index contributed by atoms with van der Waals surface area (Å²) < 4.78 is 4.65. The number of carbonyl (C=O) groups excluding carboxylic acids is 3. The van der Waals surface area contributed by atoms with Crippen LogP contribution in [0.4, 0.5) is 11.4 Å². The van der Waals surface area contributed by atoms with Gasteiger partial charge in [-0.05, 0) is 55.3 Å². The number of esters is 1. The Hall–Kier alpha value is -3.35. The van der Waals surface area contributed by atoms with Crippen LogP contribution in [0.3, 0.4) is 0 Å². The van der Waals surface area contributed by atoms with Crippen molar-refractivity contribution in [1.82, 2.24) is 0 Å². The Morgan fingerprint density at radius 2 is 1.56 bits per heavy atom. The molecule has 0 spiro atoms. The van der Waals surface area contributed by atoms with E-state index in [9.17, 15) is 14.4 Å². The van der Waals surface area contributed by atoms with Crippen LogP contribution in [-0.2, 0) is 4.74 Å². The molecule has 27 heavy (non-hydrogen) atoms. The number of carbonyl (C=O) groups is 3. The van der Waals surface area contributed by atoms with Gasteiger partial charge in [0, 0.05) is 24.2 Å². The Labute approximate surface area is 157 Å². The maximum absolute atomic E-state index is 12.7. The number of nitrogens with two attached hydrogens (primary N) is 1. The molecule has 0 aromatic heterocycles. The monoisotopic (exact) mass is 367 g/mol. The van der Waals surface area contributed by atoms with Crippen molar-refractivity contribution in [2.24, 2.45) is 5.73 Å². The minimum atomic E-state index is -0.555. The van der Waals surface area contributed by atoms with Gasteiger partial charge in [-0.3, -0.25) is 9.59 Å². The Kier molecular flexibility index (Phi) is 5.40. The van der Waals surface area contributed by atoms with Crippen LogP contribution in [0, 0.1) is 0 Å². The number of anilines is 2. The number of hydrogen-bond acceptors (Lipinski definition) is 5. The molecule has 3 N–H and O–H groups in total. The molecule has 1 saturated heterocycles. The molecule has 0 saturated carbocycles. The van der Waals surface area contributed by atoms with Crippen LogP contribution in [0.25, 0.3) is 0 Å². The largest absolute Gasteiger partial charge is 0.465 e. The number of ether oxygens (including phenoxy) is 1. The van der Waals surface area contributed by atoms with Crippen molar-refractivity contribution in [2.45, 2.75) is 12.8 Å². The molecule has 2 aromatic carbocycles. The summed E-state index contributed by atoms with van der Waals surface area (Å²) in [6.45, 7) is 1.79. The van der Waals surface area contributed by atoms with Crippen molar-refractivity contribution in [3.8, 4) is 0 Å². The topological polar surface area (TPSA) is 102 Å². The zero-order chi connectivity index (χ0) is 19.4. The van der Waals surface area contributed by atoms with Gasteiger partial charge in [-0.25, -0.2) is 4.79 Å². The maximum Gasteiger partial charge on any atom is 0.337 e. The second kappa shape index (κ2) is 7.90. The van der Waals surface area contributed by atoms with E-state index in [0.717, 1.165) is 31.6 Å². The summed E-state index contributed by atoms with van der Waals surface area (Å²) in [6.07, 6.45) is 2.17. The fourth-order valence-electron chi connectivity index (χ4n) is 3.09. The lowest BCUT2D eigenvalue weighted by molar-refractivity contribution is 0.0600. The van der Waals surface area contributed by atoms with Gasteiger partial charge in [0.05, 0.1) is 24.0 Å². The highest BCUT2D eigenvalue weighted by Crippen LogP contribution is 2.30. The third-order valence-electron chi connectivity index (χ3n) is 4.54. The van der Waals surface area contributed by atoms with E-state index in [1.165, 1.54) is 19.2 Å². The predicted octanol–water partition coefficient (Wildman–Crippen LogP) is 2.42. The Balaban J connectivity index is 1.86. The van der Waals surface area contributed by atoms with Gasteiger partial charge in [0.25, 0.3) is 5.91 Å². The number of methoxy groups -OCH3 is 1. The highest BCUT2D eigenvalue weighted by Gasteiger charge is 2.19. The molecule has 1 aliphatic heterocycles. The smallest absolute Gasteiger partial charge is 0.337 e. The highest BCUT2D eigenvalue weighted by molar-refractivity contribution is 6.07. The molecule has 1 aliphatic rings. The molecule has 2 aromatic rings. The van der Waals surface area contributed by atoms with Crippen LogP contribution < -0.4 is 16.0 Å². The summed E-state index contributed by atoms with van der Waals surface area (Å²) in [5.74, 6) is -1.36. The summed E-state index contributed by atoms with van der Waals surface area (Å²) in [7, 11) is 1.30. The van der Waals surface area contributed by atoms with Crippen molar-refractivity contribution >= 4 is 29.2 Å². The minimum Gasteiger partial charge on any atom is -0.465 e. The van der Waals surface area contributed by atoms with Crippen LogP contribution in [-0.4, -0.2) is 38.0 Å². The molecule has 140 valence electrons. The van der Waals surface area contributed by atoms with E-state index in [4.69, 9.17) is 5.73 Å². The molecule has 7 heteroatoms. The lowest BCUT2D eigenvalue weighted by Crippen LogP contribution is -2.22. The molecule has 2 amide bonds. The van der Waals surface area contributed by atoms with E-state index in [1.54, 1.807) is 30.3 Å². The number of nitrogens with one attached hydrogen (secondary N) is 1. The first-order chi connectivity index (χ1) is 13.0. The number of rotatable bonds is 5. The van der Waals surface area contributed by atoms with Gasteiger partial charge in [0.1, 0.15) is 0 Å². The van der Waals surface area contributed by atoms with Gasteiger partial charge in [0.15, 0.2) is 0 Å². The molecule has 0 radical (unpaired) electrons. The summed E-state index contributed by atoms with van der Waals surface area (Å²) in [4.78, 5) is 37.8. The fourth-order valence-corrected chi connectivity index (χ4v) is 3.09. The number of amides is 2. The van der Waals surface area contributed by atoms with Crippen molar-refractivity contribution < 1.29 is 19.1 Å². The first-order valence-electron chi connectivity index (χ1n) is 8.68. The summed E-state index contributed by atoms with van der Waals surface area (Å²) >= 11 is 0. The van der Waals surface area contributed by atoms with E-state index in [-0.39, 0.29) is 5.91 Å². The lowest BCUT2D eigenvalue weighted by Gasteiger charge is -2.22. The number of hydrogen-bond donors (Lipinski definition) is 2. The molecular weight excluding hydrogens is 346 g/mol. The minimum absolute atomic E-state index is 0.328. The summed E-state index contributed by atoms with van der Waals surface area (Å²) in [5, 5.41) is 2.86. The molecule has 1 fully saturated rings. The summed E-state index contributed by atoms with van der Waals surface area (Å²) in [6, 6.07) is 11.2. The van der Waals surface area contributed by atoms with E-state index in [1.807, 2.05) is 0 Å². The quantitative estimate of drug-likeness (QED) is 0.790. The van der Waals surface area contributed by atoms with E-state index in [0.29, 0.717) is 22.4 Å². The van der Waals surface area contributed by atoms with Gasteiger partial charge >= 0.3 is 5.97 Å². The molecule has 7 nitrogen and oxygen atoms in total. The third-order valence-corrected chi connectivity index (χ3v) is 4.54. The molecule has 0 unspecified atom stereocenters. The van der Waals surface area contributed by atoms with Crippen LogP contribution in [0.1, 0.15) is 43.9 Å². The molecule has 0 aliphatic carbocycles. The third kappa shape index (κ3) is 4.08. The zero-order valence-electron chi connectivity index (χ0n) is 15.0. The van der Waals surface area contributed by atoms with Gasteiger partial charge < -0.3 is 20.7 Å². The Morgan fingerprint density at radius 3 is 2.15 bits per heavy atom. The second-order valence-corrected chi connectivity index (χ2v) is 6.31. The van der Waals surface area contributed by atoms with Gasteiger partial charge in [-0.15, -0.1) is 0 Å². The van der Waals surface area contributed by atoms with Crippen LogP contribution in [0.15, 0.2) is 42.5 Å². The van der Waals surface area contributed by atoms with Crippen LogP contribution in [0.5, 0.6) is 0 Å². The fraction of sp³-hybridized carbons (Fsp3) is 0.250. The molecule has 0 bridgehead atoms. The molecule has 0 atom stereocenters. The van der Waals surface area contributed by atoms with Crippen molar-refractivity contribution in [3.63, 3.8) is 0 Å². The lowest BCUT2D eigenvalue weighted by atomic mass is 10.1. The molecule has 1 heterocycles. The Morgan fingerprint density at radius 1 is 0.963 bits per heavy atom. The van der Waals surface area contributed by atoms with Crippen LogP contribution >= 0.6 is 0 Å². The average molecular weight is 367 g/mol. The first-order valence-corrected chi connectivity index (χ1v) is 8.68. The number of nitrogens with zero attached hydrogens (tertiary/aromatic N) is 1. The second-order valence-electron chi connectivity index (χ2n) is 6.31. The number of primary amides is 1. The van der Waals surface area contributed by atoms with E-state index in [2.05, 4.69) is 15.0 Å². The molecule has 3 rings (SSSR count). The zero-order valence-corrected chi connectivity index (χ0v) is 15.0. The normalized spacial score (nSPS) is 13.3. The Bertz CT molecular complexity index is 871. The van der Waals surface area contributed by atoms with Crippen molar-refractivity contribution in [3.05, 3.63) is 59.2 Å². The van der Waals surface area contributed by atoms with E-state index >= 15 is 0 Å².